The van der Waals surface area contributed by atoms with Crippen LogP contribution in [0.1, 0.15) is 17.3 Å². The van der Waals surface area contributed by atoms with Crippen LogP contribution in [0.25, 0.3) is 0 Å². The molecule has 6 heteroatoms. The third-order valence-corrected chi connectivity index (χ3v) is 1.88. The van der Waals surface area contributed by atoms with E-state index in [-0.39, 0.29) is 6.61 Å². The number of rotatable bonds is 5. The molecule has 0 heterocycles. The summed E-state index contributed by atoms with van der Waals surface area (Å²) in [4.78, 5) is 22.3. The van der Waals surface area contributed by atoms with Crippen molar-refractivity contribution in [1.29, 1.82) is 0 Å². The SMILES string of the molecule is CCOC(=O)c1cccc(OCC(=O)NN)c1. The Morgan fingerprint density at radius 2 is 2.18 bits per heavy atom. The first-order chi connectivity index (χ1) is 8.17. The van der Waals surface area contributed by atoms with Crippen LogP contribution in [0.3, 0.4) is 0 Å². The molecule has 92 valence electrons. The van der Waals surface area contributed by atoms with Crippen molar-refractivity contribution < 1.29 is 19.1 Å². The van der Waals surface area contributed by atoms with E-state index < -0.39 is 11.9 Å². The number of hydrogen-bond acceptors (Lipinski definition) is 5. The van der Waals surface area contributed by atoms with Crippen molar-refractivity contribution in [2.75, 3.05) is 13.2 Å². The van der Waals surface area contributed by atoms with E-state index in [1.165, 1.54) is 6.07 Å². The molecule has 0 aliphatic heterocycles. The van der Waals surface area contributed by atoms with E-state index >= 15 is 0 Å². The molecule has 0 fully saturated rings. The van der Waals surface area contributed by atoms with Crippen LogP contribution in [0.15, 0.2) is 24.3 Å². The van der Waals surface area contributed by atoms with Gasteiger partial charge in [-0.2, -0.15) is 0 Å². The number of carbonyl (C=O) groups is 2. The number of nitrogens with one attached hydrogen (secondary N) is 1. The zero-order valence-corrected chi connectivity index (χ0v) is 9.43. The van der Waals surface area contributed by atoms with Crippen molar-refractivity contribution in [3.8, 4) is 5.75 Å². The molecule has 0 aliphatic rings. The Morgan fingerprint density at radius 1 is 1.41 bits per heavy atom. The highest BCUT2D eigenvalue weighted by molar-refractivity contribution is 5.89. The zero-order chi connectivity index (χ0) is 12.7. The topological polar surface area (TPSA) is 90.6 Å². The maximum absolute atomic E-state index is 11.4. The third kappa shape index (κ3) is 4.12. The molecular formula is C11H14N2O4. The molecule has 1 amide bonds. The van der Waals surface area contributed by atoms with Crippen molar-refractivity contribution in [3.05, 3.63) is 29.8 Å². The number of ether oxygens (including phenoxy) is 2. The normalized spacial score (nSPS) is 9.53. The van der Waals surface area contributed by atoms with E-state index in [2.05, 4.69) is 0 Å². The first-order valence-electron chi connectivity index (χ1n) is 5.06. The molecule has 0 aromatic heterocycles. The minimum absolute atomic E-state index is 0.206. The van der Waals surface area contributed by atoms with E-state index in [1.807, 2.05) is 5.43 Å². The summed E-state index contributed by atoms with van der Waals surface area (Å²) in [6, 6.07) is 6.38. The van der Waals surface area contributed by atoms with Crippen LogP contribution in [0, 0.1) is 0 Å². The van der Waals surface area contributed by atoms with Crippen LogP contribution in [0.4, 0.5) is 0 Å². The fraction of sp³-hybridized carbons (Fsp3) is 0.273. The number of nitrogens with two attached hydrogens (primary N) is 1. The number of hydrazine groups is 1. The molecule has 0 bridgehead atoms. The Morgan fingerprint density at radius 3 is 2.82 bits per heavy atom. The minimum Gasteiger partial charge on any atom is -0.484 e. The first kappa shape index (κ1) is 13.0. The van der Waals surface area contributed by atoms with Gasteiger partial charge in [-0.25, -0.2) is 10.6 Å². The third-order valence-electron chi connectivity index (χ3n) is 1.88. The molecule has 1 rings (SSSR count). The van der Waals surface area contributed by atoms with Gasteiger partial charge in [-0.1, -0.05) is 6.07 Å². The summed E-state index contributed by atoms with van der Waals surface area (Å²) in [6.07, 6.45) is 0. The van der Waals surface area contributed by atoms with E-state index in [4.69, 9.17) is 15.3 Å². The standard InChI is InChI=1S/C11H14N2O4/c1-2-16-11(15)8-4-3-5-9(6-8)17-7-10(14)13-12/h3-6H,2,7,12H2,1H3,(H,13,14). The number of carbonyl (C=O) groups excluding carboxylic acids is 2. The van der Waals surface area contributed by atoms with Crippen molar-refractivity contribution in [2.24, 2.45) is 5.84 Å². The number of esters is 1. The molecule has 0 aliphatic carbocycles. The quantitative estimate of drug-likeness (QED) is 0.332. The second kappa shape index (κ2) is 6.49. The summed E-state index contributed by atoms with van der Waals surface area (Å²) in [6.45, 7) is 1.83. The Labute approximate surface area is 98.7 Å². The molecule has 0 atom stereocenters. The second-order valence-electron chi connectivity index (χ2n) is 3.10. The largest absolute Gasteiger partial charge is 0.484 e. The molecule has 3 N–H and O–H groups in total. The smallest absolute Gasteiger partial charge is 0.338 e. The van der Waals surface area contributed by atoms with Gasteiger partial charge in [-0.05, 0) is 25.1 Å². The van der Waals surface area contributed by atoms with Crippen LogP contribution >= 0.6 is 0 Å². The van der Waals surface area contributed by atoms with Crippen LogP contribution in [0.2, 0.25) is 0 Å². The number of amides is 1. The molecule has 0 spiro atoms. The monoisotopic (exact) mass is 238 g/mol. The lowest BCUT2D eigenvalue weighted by Gasteiger charge is -2.06. The summed E-state index contributed by atoms with van der Waals surface area (Å²) in [7, 11) is 0. The zero-order valence-electron chi connectivity index (χ0n) is 9.43. The molecule has 0 saturated carbocycles. The van der Waals surface area contributed by atoms with Crippen LogP contribution in [-0.2, 0) is 9.53 Å². The lowest BCUT2D eigenvalue weighted by Crippen LogP contribution is -2.34. The van der Waals surface area contributed by atoms with Crippen LogP contribution < -0.4 is 16.0 Å². The summed E-state index contributed by atoms with van der Waals surface area (Å²) < 4.78 is 9.96. The highest BCUT2D eigenvalue weighted by atomic mass is 16.5. The average molecular weight is 238 g/mol. The van der Waals surface area contributed by atoms with Crippen molar-refractivity contribution in [1.82, 2.24) is 5.43 Å². The predicted molar refractivity (Wildman–Crippen MR) is 60.2 cm³/mol. The maximum Gasteiger partial charge on any atom is 0.338 e. The molecule has 1 aromatic carbocycles. The molecule has 17 heavy (non-hydrogen) atoms. The Kier molecular flexibility index (Phi) is 4.96. The molecule has 0 saturated heterocycles. The average Bonchev–Trinajstić information content (AvgIpc) is 2.36. The van der Waals surface area contributed by atoms with E-state index in [9.17, 15) is 9.59 Å². The Bertz CT molecular complexity index is 406. The maximum atomic E-state index is 11.4. The molecular weight excluding hydrogens is 224 g/mol. The van der Waals surface area contributed by atoms with Gasteiger partial charge < -0.3 is 9.47 Å². The molecule has 0 radical (unpaired) electrons. The highest BCUT2D eigenvalue weighted by Gasteiger charge is 2.07. The summed E-state index contributed by atoms with van der Waals surface area (Å²) in [5.74, 6) is 4.42. The molecule has 6 nitrogen and oxygen atoms in total. The number of hydrogen-bond donors (Lipinski definition) is 2. The van der Waals surface area contributed by atoms with Crippen molar-refractivity contribution in [3.63, 3.8) is 0 Å². The first-order valence-corrected chi connectivity index (χ1v) is 5.06. The predicted octanol–water partition coefficient (Wildman–Crippen LogP) is 0.232. The van der Waals surface area contributed by atoms with Gasteiger partial charge in [0.1, 0.15) is 5.75 Å². The van der Waals surface area contributed by atoms with Gasteiger partial charge in [-0.3, -0.25) is 10.2 Å². The lowest BCUT2D eigenvalue weighted by atomic mass is 10.2. The van der Waals surface area contributed by atoms with E-state index in [0.717, 1.165) is 0 Å². The van der Waals surface area contributed by atoms with Crippen LogP contribution in [0.5, 0.6) is 5.75 Å². The molecule has 1 aromatic rings. The lowest BCUT2D eigenvalue weighted by molar-refractivity contribution is -0.123. The Balaban J connectivity index is 2.65. The second-order valence-corrected chi connectivity index (χ2v) is 3.10. The van der Waals surface area contributed by atoms with Gasteiger partial charge in [0.05, 0.1) is 12.2 Å². The highest BCUT2D eigenvalue weighted by Crippen LogP contribution is 2.14. The number of benzene rings is 1. The fourth-order valence-corrected chi connectivity index (χ4v) is 1.12. The van der Waals surface area contributed by atoms with Crippen molar-refractivity contribution in [2.45, 2.75) is 6.92 Å². The van der Waals surface area contributed by atoms with Gasteiger partial charge in [0.15, 0.2) is 6.61 Å². The van der Waals surface area contributed by atoms with Gasteiger partial charge in [0, 0.05) is 0 Å². The van der Waals surface area contributed by atoms with Crippen LogP contribution in [-0.4, -0.2) is 25.1 Å². The van der Waals surface area contributed by atoms with Gasteiger partial charge in [-0.15, -0.1) is 0 Å². The van der Waals surface area contributed by atoms with Crippen molar-refractivity contribution >= 4 is 11.9 Å². The van der Waals surface area contributed by atoms with E-state index in [1.54, 1.807) is 25.1 Å². The van der Waals surface area contributed by atoms with Gasteiger partial charge in [0.2, 0.25) is 0 Å². The van der Waals surface area contributed by atoms with Gasteiger partial charge >= 0.3 is 5.97 Å². The molecule has 0 unspecified atom stereocenters. The summed E-state index contributed by atoms with van der Waals surface area (Å²) >= 11 is 0. The summed E-state index contributed by atoms with van der Waals surface area (Å²) in [5.41, 5.74) is 2.31. The Hall–Kier alpha value is -2.08. The summed E-state index contributed by atoms with van der Waals surface area (Å²) in [5, 5.41) is 0. The fourth-order valence-electron chi connectivity index (χ4n) is 1.12. The van der Waals surface area contributed by atoms with Gasteiger partial charge in [0.25, 0.3) is 5.91 Å². The minimum atomic E-state index is -0.452. The van der Waals surface area contributed by atoms with E-state index in [0.29, 0.717) is 17.9 Å².